The van der Waals surface area contributed by atoms with E-state index in [4.69, 9.17) is 14.9 Å². The minimum Gasteiger partial charge on any atom is -0.493 e. The molecule has 0 aliphatic carbocycles. The van der Waals surface area contributed by atoms with Crippen molar-refractivity contribution in [3.63, 3.8) is 0 Å². The fourth-order valence-corrected chi connectivity index (χ4v) is 1.49. The Morgan fingerprint density at radius 3 is 2.44 bits per heavy atom. The molecular weight excluding hydrogens is 236 g/mol. The highest BCUT2D eigenvalue weighted by molar-refractivity contribution is 5.94. The van der Waals surface area contributed by atoms with Gasteiger partial charge in [-0.25, -0.2) is 9.59 Å². The van der Waals surface area contributed by atoms with Crippen LogP contribution >= 0.6 is 0 Å². The quantitative estimate of drug-likeness (QED) is 0.729. The fourth-order valence-electron chi connectivity index (χ4n) is 1.49. The van der Waals surface area contributed by atoms with Crippen molar-refractivity contribution in [3.05, 3.63) is 29.3 Å². The van der Waals surface area contributed by atoms with Crippen molar-refractivity contribution in [2.24, 2.45) is 0 Å². The summed E-state index contributed by atoms with van der Waals surface area (Å²) in [6.45, 7) is 2.44. The maximum absolute atomic E-state index is 11.0. The molecule has 0 saturated heterocycles. The molecule has 0 unspecified atom stereocenters. The second-order valence-electron chi connectivity index (χ2n) is 3.88. The summed E-state index contributed by atoms with van der Waals surface area (Å²) in [5.74, 6) is -2.12. The summed E-state index contributed by atoms with van der Waals surface area (Å²) in [4.78, 5) is 21.8. The summed E-state index contributed by atoms with van der Waals surface area (Å²) >= 11 is 0. The van der Waals surface area contributed by atoms with E-state index in [1.54, 1.807) is 0 Å². The highest BCUT2D eigenvalue weighted by atomic mass is 16.5. The monoisotopic (exact) mass is 252 g/mol. The van der Waals surface area contributed by atoms with E-state index in [2.05, 4.69) is 0 Å². The molecule has 0 fully saturated rings. The molecule has 0 heterocycles. The summed E-state index contributed by atoms with van der Waals surface area (Å²) in [5, 5.41) is 17.8. The molecule has 5 nitrogen and oxygen atoms in total. The summed E-state index contributed by atoms with van der Waals surface area (Å²) in [6.07, 6.45) is 2.83. The maximum Gasteiger partial charge on any atom is 0.339 e. The first-order chi connectivity index (χ1) is 8.56. The molecule has 0 radical (unpaired) electrons. The topological polar surface area (TPSA) is 83.8 Å². The van der Waals surface area contributed by atoms with Crippen LogP contribution in [0.15, 0.2) is 18.2 Å². The zero-order valence-corrected chi connectivity index (χ0v) is 10.2. The molecule has 0 aromatic heterocycles. The first-order valence-corrected chi connectivity index (χ1v) is 5.79. The van der Waals surface area contributed by atoms with E-state index in [0.717, 1.165) is 19.3 Å². The average Bonchev–Trinajstić information content (AvgIpc) is 2.34. The number of unbranched alkanes of at least 4 members (excludes halogenated alkanes) is 2. The number of hydrogen-bond acceptors (Lipinski definition) is 3. The Morgan fingerprint density at radius 1 is 1.17 bits per heavy atom. The number of carboxylic acid groups (broad SMARTS) is 2. The fraction of sp³-hybridized carbons (Fsp3) is 0.385. The van der Waals surface area contributed by atoms with E-state index in [1.165, 1.54) is 18.2 Å². The molecule has 0 spiro atoms. The second-order valence-corrected chi connectivity index (χ2v) is 3.88. The summed E-state index contributed by atoms with van der Waals surface area (Å²) in [6, 6.07) is 3.75. The van der Waals surface area contributed by atoms with E-state index >= 15 is 0 Å². The third-order valence-corrected chi connectivity index (χ3v) is 2.46. The highest BCUT2D eigenvalue weighted by Crippen LogP contribution is 2.21. The van der Waals surface area contributed by atoms with Crippen LogP contribution in [0.5, 0.6) is 5.75 Å². The predicted octanol–water partition coefficient (Wildman–Crippen LogP) is 2.65. The van der Waals surface area contributed by atoms with Crippen molar-refractivity contribution in [1.82, 2.24) is 0 Å². The van der Waals surface area contributed by atoms with E-state index in [1.807, 2.05) is 6.92 Å². The minimum absolute atomic E-state index is 0.0171. The lowest BCUT2D eigenvalue weighted by molar-refractivity contribution is 0.0677. The number of carboxylic acids is 2. The van der Waals surface area contributed by atoms with Gasteiger partial charge in [-0.15, -0.1) is 0 Å². The Kier molecular flexibility index (Phi) is 5.17. The van der Waals surface area contributed by atoms with Crippen LogP contribution in [0.2, 0.25) is 0 Å². The molecule has 0 saturated carbocycles. The van der Waals surface area contributed by atoms with Gasteiger partial charge >= 0.3 is 11.9 Å². The van der Waals surface area contributed by atoms with Crippen LogP contribution in [-0.2, 0) is 0 Å². The molecule has 98 valence electrons. The van der Waals surface area contributed by atoms with Crippen molar-refractivity contribution in [3.8, 4) is 5.75 Å². The van der Waals surface area contributed by atoms with Crippen LogP contribution in [0.4, 0.5) is 0 Å². The molecule has 0 aliphatic rings. The van der Waals surface area contributed by atoms with Gasteiger partial charge in [0.15, 0.2) is 0 Å². The molecule has 18 heavy (non-hydrogen) atoms. The Morgan fingerprint density at radius 2 is 1.89 bits per heavy atom. The number of aromatic carboxylic acids is 2. The van der Waals surface area contributed by atoms with Crippen LogP contribution in [0.25, 0.3) is 0 Å². The lowest BCUT2D eigenvalue weighted by Gasteiger charge is -2.09. The van der Waals surface area contributed by atoms with E-state index in [0.29, 0.717) is 6.61 Å². The SMILES string of the molecule is CCCCCOc1cc(C(=O)O)ccc1C(=O)O. The molecule has 1 aromatic carbocycles. The number of hydrogen-bond donors (Lipinski definition) is 2. The smallest absolute Gasteiger partial charge is 0.339 e. The average molecular weight is 252 g/mol. The number of rotatable bonds is 7. The van der Waals surface area contributed by atoms with Gasteiger partial charge in [0.2, 0.25) is 0 Å². The van der Waals surface area contributed by atoms with Gasteiger partial charge in [-0.05, 0) is 24.6 Å². The van der Waals surface area contributed by atoms with E-state index in [9.17, 15) is 9.59 Å². The van der Waals surface area contributed by atoms with E-state index < -0.39 is 11.9 Å². The predicted molar refractivity (Wildman–Crippen MR) is 65.4 cm³/mol. The van der Waals surface area contributed by atoms with Gasteiger partial charge in [-0.1, -0.05) is 19.8 Å². The largest absolute Gasteiger partial charge is 0.493 e. The lowest BCUT2D eigenvalue weighted by atomic mass is 10.1. The molecule has 5 heteroatoms. The third kappa shape index (κ3) is 3.76. The van der Waals surface area contributed by atoms with Crippen molar-refractivity contribution in [2.45, 2.75) is 26.2 Å². The number of carbonyl (C=O) groups is 2. The Hall–Kier alpha value is -2.04. The van der Waals surface area contributed by atoms with Crippen molar-refractivity contribution in [2.75, 3.05) is 6.61 Å². The highest BCUT2D eigenvalue weighted by Gasteiger charge is 2.14. The number of benzene rings is 1. The Labute approximate surface area is 105 Å². The molecule has 0 amide bonds. The molecule has 1 aromatic rings. The van der Waals surface area contributed by atoms with E-state index in [-0.39, 0.29) is 16.9 Å². The van der Waals surface area contributed by atoms with Crippen molar-refractivity contribution in [1.29, 1.82) is 0 Å². The van der Waals surface area contributed by atoms with Crippen LogP contribution in [0, 0.1) is 0 Å². The summed E-state index contributed by atoms with van der Waals surface area (Å²) < 4.78 is 5.35. The van der Waals surface area contributed by atoms with Gasteiger partial charge in [-0.2, -0.15) is 0 Å². The standard InChI is InChI=1S/C13H16O5/c1-2-3-4-7-18-11-8-9(12(14)15)5-6-10(11)13(16)17/h5-6,8H,2-4,7H2,1H3,(H,14,15)(H,16,17). The lowest BCUT2D eigenvalue weighted by Crippen LogP contribution is -2.06. The molecule has 0 atom stereocenters. The van der Waals surface area contributed by atoms with Crippen LogP contribution < -0.4 is 4.74 Å². The Bertz CT molecular complexity index is 439. The van der Waals surface area contributed by atoms with Crippen LogP contribution in [-0.4, -0.2) is 28.8 Å². The van der Waals surface area contributed by atoms with Crippen LogP contribution in [0.1, 0.15) is 46.9 Å². The first-order valence-electron chi connectivity index (χ1n) is 5.79. The maximum atomic E-state index is 11.0. The third-order valence-electron chi connectivity index (χ3n) is 2.46. The van der Waals surface area contributed by atoms with Crippen LogP contribution in [0.3, 0.4) is 0 Å². The second kappa shape index (κ2) is 6.64. The van der Waals surface area contributed by atoms with Gasteiger partial charge in [0.25, 0.3) is 0 Å². The first kappa shape index (κ1) is 14.0. The van der Waals surface area contributed by atoms with Crippen molar-refractivity contribution >= 4 is 11.9 Å². The zero-order valence-electron chi connectivity index (χ0n) is 10.2. The van der Waals surface area contributed by atoms with Gasteiger partial charge in [0.1, 0.15) is 11.3 Å². The number of ether oxygens (including phenoxy) is 1. The van der Waals surface area contributed by atoms with Gasteiger partial charge in [-0.3, -0.25) is 0 Å². The molecular formula is C13H16O5. The van der Waals surface area contributed by atoms with Gasteiger partial charge in [0.05, 0.1) is 12.2 Å². The summed E-state index contributed by atoms with van der Waals surface area (Å²) in [5.41, 5.74) is 0.00184. The van der Waals surface area contributed by atoms with Crippen molar-refractivity contribution < 1.29 is 24.5 Å². The summed E-state index contributed by atoms with van der Waals surface area (Å²) in [7, 11) is 0. The molecule has 2 N–H and O–H groups in total. The zero-order chi connectivity index (χ0) is 13.5. The molecule has 0 bridgehead atoms. The Balaban J connectivity index is 2.86. The molecule has 1 rings (SSSR count). The van der Waals surface area contributed by atoms with Gasteiger partial charge < -0.3 is 14.9 Å². The van der Waals surface area contributed by atoms with Gasteiger partial charge in [0, 0.05) is 0 Å². The molecule has 0 aliphatic heterocycles. The minimum atomic E-state index is -1.13. The normalized spacial score (nSPS) is 10.1.